The first-order chi connectivity index (χ1) is 11.4. The number of benzene rings is 1. The van der Waals surface area contributed by atoms with Gasteiger partial charge in [0.05, 0.1) is 27.8 Å². The second-order valence-corrected chi connectivity index (χ2v) is 4.96. The van der Waals surface area contributed by atoms with E-state index in [0.29, 0.717) is 28.5 Å². The number of hydrogen-bond acceptors (Lipinski definition) is 6. The fourth-order valence-corrected chi connectivity index (χ4v) is 2.32. The van der Waals surface area contributed by atoms with Gasteiger partial charge in [0.1, 0.15) is 5.82 Å². The molecule has 0 saturated carbocycles. The Balaban J connectivity index is 2.60. The molecule has 0 aliphatic carbocycles. The molecule has 8 nitrogen and oxygen atoms in total. The number of aryl methyl sites for hydroxylation is 1. The van der Waals surface area contributed by atoms with E-state index in [4.69, 9.17) is 19.3 Å². The highest BCUT2D eigenvalue weighted by atomic mass is 16.5. The van der Waals surface area contributed by atoms with Gasteiger partial charge in [-0.25, -0.2) is 4.98 Å². The molecule has 2 aromatic rings. The minimum atomic E-state index is -1.09. The standard InChI is InChI=1S/C16H18N2O6/c1-8-10(7-13(19)20)16(21)18-15(17-8)9-5-11(22-2)14(24-4)12(6-9)23-3/h5-6H,7H2,1-4H3,(H,19,20)(H,17,18,21). The third kappa shape index (κ3) is 3.32. The predicted octanol–water partition coefficient (Wildman–Crippen LogP) is 1.40. The summed E-state index contributed by atoms with van der Waals surface area (Å²) < 4.78 is 15.8. The van der Waals surface area contributed by atoms with Crippen LogP contribution in [0.4, 0.5) is 0 Å². The number of H-pyrrole nitrogens is 1. The zero-order chi connectivity index (χ0) is 17.9. The van der Waals surface area contributed by atoms with E-state index in [2.05, 4.69) is 9.97 Å². The molecule has 8 heteroatoms. The lowest BCUT2D eigenvalue weighted by Crippen LogP contribution is -2.20. The first kappa shape index (κ1) is 17.3. The topological polar surface area (TPSA) is 111 Å². The van der Waals surface area contributed by atoms with Crippen molar-refractivity contribution in [3.63, 3.8) is 0 Å². The molecule has 2 rings (SSSR count). The molecule has 0 bridgehead atoms. The Kier molecular flexibility index (Phi) is 5.08. The minimum absolute atomic E-state index is 0.124. The molecule has 0 spiro atoms. The number of ether oxygens (including phenoxy) is 3. The number of carbonyl (C=O) groups is 1. The van der Waals surface area contributed by atoms with Crippen molar-refractivity contribution < 1.29 is 24.1 Å². The van der Waals surface area contributed by atoms with Crippen LogP contribution in [-0.2, 0) is 11.2 Å². The van der Waals surface area contributed by atoms with Crippen LogP contribution >= 0.6 is 0 Å². The van der Waals surface area contributed by atoms with Crippen LogP contribution in [0, 0.1) is 6.92 Å². The van der Waals surface area contributed by atoms with E-state index in [1.807, 2.05) is 0 Å². The van der Waals surface area contributed by atoms with Crippen molar-refractivity contribution >= 4 is 5.97 Å². The van der Waals surface area contributed by atoms with Crippen LogP contribution in [0.15, 0.2) is 16.9 Å². The molecule has 1 heterocycles. The zero-order valence-electron chi connectivity index (χ0n) is 13.8. The van der Waals surface area contributed by atoms with Gasteiger partial charge in [-0.05, 0) is 19.1 Å². The van der Waals surface area contributed by atoms with E-state index >= 15 is 0 Å². The molecular formula is C16H18N2O6. The van der Waals surface area contributed by atoms with E-state index in [9.17, 15) is 9.59 Å². The SMILES string of the molecule is COc1cc(-c2nc(C)c(CC(=O)O)c(=O)[nH]2)cc(OC)c1OC. The smallest absolute Gasteiger partial charge is 0.308 e. The minimum Gasteiger partial charge on any atom is -0.493 e. The Bertz CT molecular complexity index is 803. The van der Waals surface area contributed by atoms with Gasteiger partial charge in [0.15, 0.2) is 11.5 Å². The lowest BCUT2D eigenvalue weighted by Gasteiger charge is -2.14. The molecule has 0 radical (unpaired) electrons. The monoisotopic (exact) mass is 334 g/mol. The maximum Gasteiger partial charge on any atom is 0.308 e. The van der Waals surface area contributed by atoms with Crippen molar-refractivity contribution in [1.29, 1.82) is 0 Å². The lowest BCUT2D eigenvalue weighted by atomic mass is 10.1. The van der Waals surface area contributed by atoms with Crippen molar-refractivity contribution in [3.05, 3.63) is 33.7 Å². The Morgan fingerprint density at radius 3 is 2.17 bits per heavy atom. The van der Waals surface area contributed by atoms with Gasteiger partial charge in [-0.1, -0.05) is 0 Å². The summed E-state index contributed by atoms with van der Waals surface area (Å²) in [5.74, 6) is 0.450. The van der Waals surface area contributed by atoms with Crippen LogP contribution in [0.2, 0.25) is 0 Å². The molecule has 0 aliphatic heterocycles. The zero-order valence-corrected chi connectivity index (χ0v) is 13.8. The van der Waals surface area contributed by atoms with Crippen LogP contribution in [0.25, 0.3) is 11.4 Å². The Hall–Kier alpha value is -3.03. The van der Waals surface area contributed by atoms with Gasteiger partial charge in [0.2, 0.25) is 5.75 Å². The summed E-state index contributed by atoms with van der Waals surface area (Å²) in [6.07, 6.45) is -0.385. The lowest BCUT2D eigenvalue weighted by molar-refractivity contribution is -0.136. The van der Waals surface area contributed by atoms with E-state index < -0.39 is 11.5 Å². The molecule has 0 fully saturated rings. The number of rotatable bonds is 6. The van der Waals surface area contributed by atoms with E-state index in [1.54, 1.807) is 19.1 Å². The van der Waals surface area contributed by atoms with Gasteiger partial charge in [-0.3, -0.25) is 9.59 Å². The van der Waals surface area contributed by atoms with E-state index in [1.165, 1.54) is 21.3 Å². The number of carboxylic acid groups (broad SMARTS) is 1. The van der Waals surface area contributed by atoms with Gasteiger partial charge >= 0.3 is 5.97 Å². The molecule has 0 atom stereocenters. The second kappa shape index (κ2) is 7.03. The quantitative estimate of drug-likeness (QED) is 0.821. The Labute approximate surface area is 138 Å². The largest absolute Gasteiger partial charge is 0.493 e. The highest BCUT2D eigenvalue weighted by molar-refractivity contribution is 5.71. The molecule has 0 amide bonds. The molecule has 1 aromatic carbocycles. The molecule has 0 saturated heterocycles. The molecular weight excluding hydrogens is 316 g/mol. The molecule has 24 heavy (non-hydrogen) atoms. The highest BCUT2D eigenvalue weighted by Crippen LogP contribution is 2.40. The fraction of sp³-hybridized carbons (Fsp3) is 0.312. The number of aromatic nitrogens is 2. The number of nitrogens with one attached hydrogen (secondary N) is 1. The normalized spacial score (nSPS) is 10.3. The number of aliphatic carboxylic acids is 1. The molecule has 1 aromatic heterocycles. The highest BCUT2D eigenvalue weighted by Gasteiger charge is 2.17. The molecule has 0 aliphatic rings. The maximum atomic E-state index is 12.2. The van der Waals surface area contributed by atoms with Crippen LogP contribution in [-0.4, -0.2) is 42.4 Å². The number of hydrogen-bond donors (Lipinski definition) is 2. The first-order valence-electron chi connectivity index (χ1n) is 7.03. The Morgan fingerprint density at radius 1 is 1.17 bits per heavy atom. The third-order valence-electron chi connectivity index (χ3n) is 3.49. The third-order valence-corrected chi connectivity index (χ3v) is 3.49. The summed E-state index contributed by atoms with van der Waals surface area (Å²) in [4.78, 5) is 29.9. The van der Waals surface area contributed by atoms with Crippen molar-refractivity contribution in [2.45, 2.75) is 13.3 Å². The number of aromatic amines is 1. The van der Waals surface area contributed by atoms with Gasteiger partial charge in [-0.2, -0.15) is 0 Å². The molecule has 0 unspecified atom stereocenters. The van der Waals surface area contributed by atoms with Gasteiger partial charge in [0.25, 0.3) is 5.56 Å². The van der Waals surface area contributed by atoms with Crippen molar-refractivity contribution in [3.8, 4) is 28.6 Å². The van der Waals surface area contributed by atoms with Crippen LogP contribution < -0.4 is 19.8 Å². The fourth-order valence-electron chi connectivity index (χ4n) is 2.32. The van der Waals surface area contributed by atoms with Crippen LogP contribution in [0.1, 0.15) is 11.3 Å². The van der Waals surface area contributed by atoms with Crippen molar-refractivity contribution in [1.82, 2.24) is 9.97 Å². The summed E-state index contributed by atoms with van der Waals surface area (Å²) in [6.45, 7) is 1.59. The summed E-state index contributed by atoms with van der Waals surface area (Å²) in [5, 5.41) is 8.87. The van der Waals surface area contributed by atoms with Gasteiger partial charge in [0, 0.05) is 16.8 Å². The molecule has 2 N–H and O–H groups in total. The number of methoxy groups -OCH3 is 3. The summed E-state index contributed by atoms with van der Waals surface area (Å²) >= 11 is 0. The van der Waals surface area contributed by atoms with E-state index in [-0.39, 0.29) is 17.8 Å². The predicted molar refractivity (Wildman–Crippen MR) is 86.0 cm³/mol. The van der Waals surface area contributed by atoms with Gasteiger partial charge < -0.3 is 24.3 Å². The maximum absolute atomic E-state index is 12.2. The second-order valence-electron chi connectivity index (χ2n) is 4.96. The average molecular weight is 334 g/mol. The number of carboxylic acids is 1. The van der Waals surface area contributed by atoms with Crippen LogP contribution in [0.3, 0.4) is 0 Å². The number of nitrogens with zero attached hydrogens (tertiary/aromatic N) is 1. The average Bonchev–Trinajstić information content (AvgIpc) is 2.56. The summed E-state index contributed by atoms with van der Waals surface area (Å²) in [6, 6.07) is 3.30. The van der Waals surface area contributed by atoms with Gasteiger partial charge in [-0.15, -0.1) is 0 Å². The summed E-state index contributed by atoms with van der Waals surface area (Å²) in [5.41, 5.74) is 0.531. The van der Waals surface area contributed by atoms with Crippen molar-refractivity contribution in [2.24, 2.45) is 0 Å². The van der Waals surface area contributed by atoms with E-state index in [0.717, 1.165) is 0 Å². The first-order valence-corrected chi connectivity index (χ1v) is 7.03. The van der Waals surface area contributed by atoms with Crippen molar-refractivity contribution in [2.75, 3.05) is 21.3 Å². The molecule has 128 valence electrons. The summed E-state index contributed by atoms with van der Waals surface area (Å²) in [7, 11) is 4.46. The van der Waals surface area contributed by atoms with Crippen LogP contribution in [0.5, 0.6) is 17.2 Å². The Morgan fingerprint density at radius 2 is 1.75 bits per heavy atom.